The number of nitrogens with one attached hydrogen (secondary N) is 1. The third-order valence-corrected chi connectivity index (χ3v) is 8.53. The summed E-state index contributed by atoms with van der Waals surface area (Å²) in [7, 11) is 0. The van der Waals surface area contributed by atoms with Crippen molar-refractivity contribution in [3.8, 4) is 0 Å². The molecule has 2 saturated carbocycles. The average molecular weight is 329 g/mol. The molecule has 2 bridgehead atoms. The summed E-state index contributed by atoms with van der Waals surface area (Å²) in [5.41, 5.74) is 2.71. The van der Waals surface area contributed by atoms with E-state index in [0.29, 0.717) is 11.2 Å². The molecule has 3 aliphatic rings. The minimum absolute atomic E-state index is 0.113. The Morgan fingerprint density at radius 1 is 1.14 bits per heavy atom. The van der Waals surface area contributed by atoms with Crippen molar-refractivity contribution in [2.45, 2.75) is 42.4 Å². The van der Waals surface area contributed by atoms with Gasteiger partial charge in [-0.05, 0) is 49.5 Å². The standard InChI is InChI=1S/C18H19NOS2/c1-9-2-4-10(5-3-9)13-14-11-6-7-12(8-11)15(14)21-17-16(13)22-18(20)19-17/h2-5,11-15H,6-8H2,1H3,(H,19,20)/t11-,12-,13-,14-,15-/m1/s1. The molecule has 1 aromatic carbocycles. The summed E-state index contributed by atoms with van der Waals surface area (Å²) in [6.07, 6.45) is 4.19. The van der Waals surface area contributed by atoms with E-state index in [-0.39, 0.29) is 4.87 Å². The molecule has 5 rings (SSSR count). The van der Waals surface area contributed by atoms with Gasteiger partial charge in [0.25, 0.3) is 0 Å². The predicted molar refractivity (Wildman–Crippen MR) is 91.9 cm³/mol. The molecule has 2 aromatic rings. The Morgan fingerprint density at radius 3 is 2.73 bits per heavy atom. The van der Waals surface area contributed by atoms with Crippen LogP contribution in [-0.2, 0) is 0 Å². The number of hydrogen-bond donors (Lipinski definition) is 1. The fourth-order valence-corrected chi connectivity index (χ4v) is 7.89. The third kappa shape index (κ3) is 1.83. The smallest absolute Gasteiger partial charge is 0.305 e. The summed E-state index contributed by atoms with van der Waals surface area (Å²) >= 11 is 3.41. The van der Waals surface area contributed by atoms with Crippen LogP contribution in [0.3, 0.4) is 0 Å². The first kappa shape index (κ1) is 13.4. The van der Waals surface area contributed by atoms with Gasteiger partial charge in [-0.25, -0.2) is 0 Å². The summed E-state index contributed by atoms with van der Waals surface area (Å²) in [5, 5.41) is 1.87. The molecule has 2 nitrogen and oxygen atoms in total. The highest BCUT2D eigenvalue weighted by Gasteiger charge is 2.54. The van der Waals surface area contributed by atoms with Crippen molar-refractivity contribution >= 4 is 23.1 Å². The van der Waals surface area contributed by atoms with E-state index in [4.69, 9.17) is 0 Å². The maximum absolute atomic E-state index is 11.9. The fourth-order valence-electron chi connectivity index (χ4n) is 5.00. The second kappa shape index (κ2) is 4.75. The van der Waals surface area contributed by atoms with Crippen molar-refractivity contribution < 1.29 is 0 Å². The van der Waals surface area contributed by atoms with E-state index in [0.717, 1.165) is 22.8 Å². The highest BCUT2D eigenvalue weighted by molar-refractivity contribution is 8.00. The van der Waals surface area contributed by atoms with E-state index in [1.54, 1.807) is 0 Å². The van der Waals surface area contributed by atoms with E-state index in [1.165, 1.54) is 46.6 Å². The largest absolute Gasteiger partial charge is 0.307 e. The topological polar surface area (TPSA) is 32.9 Å². The SMILES string of the molecule is Cc1ccc([C@H]2c3sc(=O)[nH]c3S[C@@H]3[C@@H]4CC[C@H](C4)[C@H]23)cc1. The second-order valence-electron chi connectivity index (χ2n) is 7.09. The van der Waals surface area contributed by atoms with Crippen LogP contribution in [0.2, 0.25) is 0 Å². The first-order chi connectivity index (χ1) is 10.7. The molecule has 1 aliphatic heterocycles. The van der Waals surface area contributed by atoms with Gasteiger partial charge in [-0.3, -0.25) is 4.79 Å². The number of thioether (sulfide) groups is 1. The van der Waals surface area contributed by atoms with Crippen LogP contribution >= 0.6 is 23.1 Å². The van der Waals surface area contributed by atoms with E-state index in [1.807, 2.05) is 11.8 Å². The third-order valence-electron chi connectivity index (χ3n) is 5.90. The maximum atomic E-state index is 11.9. The molecule has 1 aromatic heterocycles. The van der Waals surface area contributed by atoms with Gasteiger partial charge in [0.05, 0.1) is 5.03 Å². The minimum Gasteiger partial charge on any atom is -0.307 e. The molecule has 0 radical (unpaired) electrons. The lowest BCUT2D eigenvalue weighted by atomic mass is 9.75. The van der Waals surface area contributed by atoms with Gasteiger partial charge in [-0.15, -0.1) is 11.8 Å². The highest BCUT2D eigenvalue weighted by Crippen LogP contribution is 2.63. The molecule has 0 unspecified atom stereocenters. The fraction of sp³-hybridized carbons (Fsp3) is 0.500. The Labute approximate surface area is 138 Å². The normalized spacial score (nSPS) is 35.4. The number of rotatable bonds is 1. The van der Waals surface area contributed by atoms with Crippen molar-refractivity contribution in [2.75, 3.05) is 0 Å². The van der Waals surface area contributed by atoms with Gasteiger partial charge in [0, 0.05) is 16.0 Å². The number of hydrogen-bond acceptors (Lipinski definition) is 3. The number of fused-ring (bicyclic) bond motifs is 6. The van der Waals surface area contributed by atoms with Gasteiger partial charge in [-0.2, -0.15) is 0 Å². The van der Waals surface area contributed by atoms with Crippen LogP contribution in [0.1, 0.15) is 41.2 Å². The summed E-state index contributed by atoms with van der Waals surface area (Å²) in [6.45, 7) is 2.14. The molecule has 5 atom stereocenters. The molecule has 1 N–H and O–H groups in total. The minimum atomic E-state index is 0.113. The van der Waals surface area contributed by atoms with Gasteiger partial charge >= 0.3 is 4.87 Å². The van der Waals surface area contributed by atoms with Crippen LogP contribution in [0, 0.1) is 24.7 Å². The van der Waals surface area contributed by atoms with E-state index < -0.39 is 0 Å². The number of H-pyrrole nitrogens is 1. The molecule has 0 spiro atoms. The molecule has 0 amide bonds. The molecule has 2 heterocycles. The summed E-state index contributed by atoms with van der Waals surface area (Å²) < 4.78 is 0. The Bertz CT molecular complexity index is 775. The number of aromatic amines is 1. The lowest BCUT2D eigenvalue weighted by molar-refractivity contribution is 0.307. The maximum Gasteiger partial charge on any atom is 0.305 e. The Hall–Kier alpha value is -1.000. The number of thiazole rings is 1. The van der Waals surface area contributed by atoms with Crippen LogP contribution in [0.4, 0.5) is 0 Å². The molecule has 2 fully saturated rings. The van der Waals surface area contributed by atoms with Gasteiger partial charge in [0.15, 0.2) is 0 Å². The monoisotopic (exact) mass is 329 g/mol. The lowest BCUT2D eigenvalue weighted by Crippen LogP contribution is -2.33. The molecular formula is C18H19NOS2. The van der Waals surface area contributed by atoms with Crippen molar-refractivity contribution in [3.05, 3.63) is 49.9 Å². The Balaban J connectivity index is 1.68. The van der Waals surface area contributed by atoms with Gasteiger partial charge in [0.1, 0.15) is 0 Å². The van der Waals surface area contributed by atoms with Gasteiger partial charge < -0.3 is 4.98 Å². The Morgan fingerprint density at radius 2 is 1.91 bits per heavy atom. The average Bonchev–Trinajstić information content (AvgIpc) is 3.19. The quantitative estimate of drug-likeness (QED) is 0.841. The Kier molecular flexibility index (Phi) is 2.90. The van der Waals surface area contributed by atoms with Crippen LogP contribution in [-0.4, -0.2) is 10.2 Å². The molecule has 22 heavy (non-hydrogen) atoms. The van der Waals surface area contributed by atoms with Gasteiger partial charge in [-0.1, -0.05) is 41.2 Å². The van der Waals surface area contributed by atoms with Crippen LogP contribution in [0.5, 0.6) is 0 Å². The van der Waals surface area contributed by atoms with E-state index >= 15 is 0 Å². The second-order valence-corrected chi connectivity index (χ2v) is 9.29. The summed E-state index contributed by atoms with van der Waals surface area (Å²) in [4.78, 5) is 16.5. The lowest BCUT2D eigenvalue weighted by Gasteiger charge is -2.40. The molecule has 4 heteroatoms. The summed E-state index contributed by atoms with van der Waals surface area (Å²) in [5.74, 6) is 2.88. The predicted octanol–water partition coefficient (Wildman–Crippen LogP) is 4.40. The molecule has 114 valence electrons. The summed E-state index contributed by atoms with van der Waals surface area (Å²) in [6, 6.07) is 9.00. The van der Waals surface area contributed by atoms with Gasteiger partial charge in [0.2, 0.25) is 0 Å². The molecule has 0 saturated heterocycles. The van der Waals surface area contributed by atoms with Crippen LogP contribution < -0.4 is 4.87 Å². The van der Waals surface area contributed by atoms with E-state index in [2.05, 4.69) is 36.2 Å². The first-order valence-electron chi connectivity index (χ1n) is 8.17. The van der Waals surface area contributed by atoms with Crippen LogP contribution in [0.15, 0.2) is 34.1 Å². The highest BCUT2D eigenvalue weighted by atomic mass is 32.2. The van der Waals surface area contributed by atoms with E-state index in [9.17, 15) is 4.79 Å². The zero-order valence-corrected chi connectivity index (χ0v) is 14.2. The molecular weight excluding hydrogens is 310 g/mol. The molecule has 2 aliphatic carbocycles. The van der Waals surface area contributed by atoms with Crippen molar-refractivity contribution in [2.24, 2.45) is 17.8 Å². The van der Waals surface area contributed by atoms with Crippen molar-refractivity contribution in [1.82, 2.24) is 4.98 Å². The number of aryl methyl sites for hydroxylation is 1. The van der Waals surface area contributed by atoms with Crippen molar-refractivity contribution in [1.29, 1.82) is 0 Å². The number of aromatic nitrogens is 1. The zero-order valence-electron chi connectivity index (χ0n) is 12.5. The number of benzene rings is 1. The zero-order chi connectivity index (χ0) is 14.8. The first-order valence-corrected chi connectivity index (χ1v) is 9.86. The van der Waals surface area contributed by atoms with Crippen molar-refractivity contribution in [3.63, 3.8) is 0 Å². The van der Waals surface area contributed by atoms with Crippen LogP contribution in [0.25, 0.3) is 0 Å².